The standard InChI is InChI=1S/C26H24N6O4/c1-35-20-5-6-22-21(11-20)32(26(34)36-22)15-25(33)30-23-10-18(8-9-27-23)28-12-19-14-31-13-17(16-2-3-16)4-7-24(31)29-19/h4-11,13-14,16H,2-3,12,15H2,1H3,(H2,27,28,30,33). The Morgan fingerprint density at radius 3 is 2.89 bits per heavy atom. The number of pyridine rings is 2. The lowest BCUT2D eigenvalue weighted by Gasteiger charge is -2.08. The average molecular weight is 485 g/mol. The Bertz CT molecular complexity index is 1650. The number of anilines is 2. The number of nitrogens with one attached hydrogen (secondary N) is 2. The van der Waals surface area contributed by atoms with E-state index in [1.807, 2.05) is 12.3 Å². The van der Waals surface area contributed by atoms with Crippen molar-refractivity contribution >= 4 is 34.2 Å². The summed E-state index contributed by atoms with van der Waals surface area (Å²) in [5, 5.41) is 6.07. The van der Waals surface area contributed by atoms with Crippen LogP contribution in [0.25, 0.3) is 16.7 Å². The van der Waals surface area contributed by atoms with Gasteiger partial charge in [-0.05, 0) is 48.6 Å². The molecular weight excluding hydrogens is 460 g/mol. The molecule has 4 aromatic heterocycles. The minimum absolute atomic E-state index is 0.220. The molecule has 0 spiro atoms. The van der Waals surface area contributed by atoms with Gasteiger partial charge >= 0.3 is 5.76 Å². The summed E-state index contributed by atoms with van der Waals surface area (Å²) in [5.74, 6) is 0.601. The number of oxazole rings is 1. The molecule has 0 saturated heterocycles. The second-order valence-electron chi connectivity index (χ2n) is 8.85. The SMILES string of the molecule is COc1ccc2oc(=O)n(CC(=O)Nc3cc(NCc4cn5cc(C6CC6)ccc5n4)ccn3)c2c1. The maximum Gasteiger partial charge on any atom is 0.420 e. The highest BCUT2D eigenvalue weighted by molar-refractivity contribution is 5.91. The van der Waals surface area contributed by atoms with E-state index >= 15 is 0 Å². The first-order chi connectivity index (χ1) is 17.6. The van der Waals surface area contributed by atoms with Crippen molar-refractivity contribution in [3.05, 3.63) is 82.9 Å². The fourth-order valence-electron chi connectivity index (χ4n) is 4.25. The molecule has 10 heteroatoms. The highest BCUT2D eigenvalue weighted by atomic mass is 16.5. The van der Waals surface area contributed by atoms with Crippen LogP contribution in [0.15, 0.2) is 70.3 Å². The van der Waals surface area contributed by atoms with Gasteiger partial charge in [0.2, 0.25) is 5.91 Å². The minimum atomic E-state index is -0.617. The van der Waals surface area contributed by atoms with Crippen LogP contribution in [0.4, 0.5) is 11.5 Å². The van der Waals surface area contributed by atoms with Crippen LogP contribution in [0.3, 0.4) is 0 Å². The topological polar surface area (TPSA) is 116 Å². The number of amides is 1. The van der Waals surface area contributed by atoms with Gasteiger partial charge in [-0.25, -0.2) is 14.8 Å². The Morgan fingerprint density at radius 2 is 2.06 bits per heavy atom. The number of rotatable bonds is 8. The third kappa shape index (κ3) is 4.40. The van der Waals surface area contributed by atoms with Gasteiger partial charge in [0.25, 0.3) is 0 Å². The van der Waals surface area contributed by atoms with E-state index in [-0.39, 0.29) is 6.54 Å². The normalized spacial score (nSPS) is 13.2. The molecule has 182 valence electrons. The summed E-state index contributed by atoms with van der Waals surface area (Å²) in [7, 11) is 1.53. The maximum absolute atomic E-state index is 12.7. The highest BCUT2D eigenvalue weighted by Crippen LogP contribution is 2.39. The summed E-state index contributed by atoms with van der Waals surface area (Å²) in [6.07, 6.45) is 8.32. The average Bonchev–Trinajstić information content (AvgIpc) is 3.58. The molecule has 0 bridgehead atoms. The molecular formula is C26H24N6O4. The number of ether oxygens (including phenoxy) is 1. The fourth-order valence-corrected chi connectivity index (χ4v) is 4.25. The summed E-state index contributed by atoms with van der Waals surface area (Å²) >= 11 is 0. The highest BCUT2D eigenvalue weighted by Gasteiger charge is 2.23. The Balaban J connectivity index is 1.12. The molecule has 0 radical (unpaired) electrons. The molecule has 6 rings (SSSR count). The van der Waals surface area contributed by atoms with Gasteiger partial charge in [-0.3, -0.25) is 9.36 Å². The van der Waals surface area contributed by atoms with Crippen LogP contribution in [-0.2, 0) is 17.9 Å². The van der Waals surface area contributed by atoms with Crippen molar-refractivity contribution in [3.63, 3.8) is 0 Å². The minimum Gasteiger partial charge on any atom is -0.497 e. The van der Waals surface area contributed by atoms with E-state index < -0.39 is 11.7 Å². The van der Waals surface area contributed by atoms with Crippen LogP contribution in [0, 0.1) is 0 Å². The molecule has 2 N–H and O–H groups in total. The largest absolute Gasteiger partial charge is 0.497 e. The van der Waals surface area contributed by atoms with Crippen LogP contribution in [0.1, 0.15) is 30.0 Å². The third-order valence-corrected chi connectivity index (χ3v) is 6.25. The second kappa shape index (κ2) is 8.88. The smallest absolute Gasteiger partial charge is 0.420 e. The van der Waals surface area contributed by atoms with E-state index in [0.717, 1.165) is 17.0 Å². The van der Waals surface area contributed by atoms with Crippen molar-refractivity contribution in [3.8, 4) is 5.75 Å². The van der Waals surface area contributed by atoms with Crippen molar-refractivity contribution in [2.24, 2.45) is 0 Å². The van der Waals surface area contributed by atoms with Gasteiger partial charge in [0.05, 0.1) is 24.9 Å². The number of aromatic nitrogens is 4. The third-order valence-electron chi connectivity index (χ3n) is 6.25. The Morgan fingerprint density at radius 1 is 1.17 bits per heavy atom. The van der Waals surface area contributed by atoms with Crippen molar-refractivity contribution in [1.82, 2.24) is 18.9 Å². The summed E-state index contributed by atoms with van der Waals surface area (Å²) in [6.45, 7) is 0.304. The van der Waals surface area contributed by atoms with E-state index in [1.165, 1.54) is 30.1 Å². The first-order valence-corrected chi connectivity index (χ1v) is 11.7. The molecule has 1 saturated carbocycles. The molecule has 1 aromatic carbocycles. The summed E-state index contributed by atoms with van der Waals surface area (Å²) in [6, 6.07) is 12.7. The molecule has 1 aliphatic rings. The van der Waals surface area contributed by atoms with E-state index in [9.17, 15) is 9.59 Å². The van der Waals surface area contributed by atoms with Gasteiger partial charge in [0, 0.05) is 36.4 Å². The Hall–Kier alpha value is -4.60. The molecule has 1 amide bonds. The van der Waals surface area contributed by atoms with Gasteiger partial charge < -0.3 is 24.2 Å². The summed E-state index contributed by atoms with van der Waals surface area (Å²) in [5.41, 5.74) is 4.83. The predicted molar refractivity (Wildman–Crippen MR) is 134 cm³/mol. The number of fused-ring (bicyclic) bond motifs is 2. The lowest BCUT2D eigenvalue weighted by atomic mass is 10.2. The van der Waals surface area contributed by atoms with Crippen LogP contribution in [0.2, 0.25) is 0 Å². The molecule has 36 heavy (non-hydrogen) atoms. The number of imidazole rings is 1. The van der Waals surface area contributed by atoms with E-state index in [2.05, 4.69) is 43.3 Å². The maximum atomic E-state index is 12.7. The number of methoxy groups -OCH3 is 1. The number of hydrogen-bond donors (Lipinski definition) is 2. The van der Waals surface area contributed by atoms with Crippen LogP contribution < -0.4 is 21.1 Å². The van der Waals surface area contributed by atoms with E-state index in [4.69, 9.17) is 9.15 Å². The number of nitrogens with zero attached hydrogens (tertiary/aromatic N) is 4. The van der Waals surface area contributed by atoms with Crippen molar-refractivity contribution in [2.45, 2.75) is 31.8 Å². The van der Waals surface area contributed by atoms with Gasteiger partial charge in [0.1, 0.15) is 23.8 Å². The van der Waals surface area contributed by atoms with Gasteiger partial charge in [-0.1, -0.05) is 6.07 Å². The van der Waals surface area contributed by atoms with Gasteiger partial charge in [-0.2, -0.15) is 0 Å². The van der Waals surface area contributed by atoms with Crippen LogP contribution in [0.5, 0.6) is 5.75 Å². The summed E-state index contributed by atoms with van der Waals surface area (Å²) in [4.78, 5) is 33.8. The zero-order valence-electron chi connectivity index (χ0n) is 19.6. The zero-order chi connectivity index (χ0) is 24.6. The lowest BCUT2D eigenvalue weighted by molar-refractivity contribution is -0.116. The van der Waals surface area contributed by atoms with Crippen molar-refractivity contribution in [2.75, 3.05) is 17.7 Å². The van der Waals surface area contributed by atoms with E-state index in [1.54, 1.807) is 30.5 Å². The molecule has 5 aromatic rings. The Kier molecular flexibility index (Phi) is 5.40. The fraction of sp³-hybridized carbons (Fsp3) is 0.231. The van der Waals surface area contributed by atoms with Gasteiger partial charge in [-0.15, -0.1) is 0 Å². The number of carbonyl (C=O) groups is 1. The first-order valence-electron chi connectivity index (χ1n) is 11.7. The molecule has 1 fully saturated rings. The molecule has 10 nitrogen and oxygen atoms in total. The molecule has 0 aliphatic heterocycles. The molecule has 1 aliphatic carbocycles. The molecule has 0 unspecified atom stereocenters. The van der Waals surface area contributed by atoms with Crippen molar-refractivity contribution in [1.29, 1.82) is 0 Å². The Labute approximate surface area is 205 Å². The van der Waals surface area contributed by atoms with Crippen LogP contribution >= 0.6 is 0 Å². The monoisotopic (exact) mass is 484 g/mol. The quantitative estimate of drug-likeness (QED) is 0.344. The molecule has 0 atom stereocenters. The predicted octanol–water partition coefficient (Wildman–Crippen LogP) is 3.77. The molecule has 4 heterocycles. The lowest BCUT2D eigenvalue weighted by Crippen LogP contribution is -2.25. The first kappa shape index (κ1) is 21.9. The summed E-state index contributed by atoms with van der Waals surface area (Å²) < 4.78 is 13.8. The number of hydrogen-bond acceptors (Lipinski definition) is 7. The second-order valence-corrected chi connectivity index (χ2v) is 8.85. The zero-order valence-corrected chi connectivity index (χ0v) is 19.6. The number of benzene rings is 1. The van der Waals surface area contributed by atoms with Crippen LogP contribution in [-0.4, -0.2) is 32.0 Å². The van der Waals surface area contributed by atoms with Gasteiger partial charge in [0.15, 0.2) is 5.58 Å². The number of carbonyl (C=O) groups excluding carboxylic acids is 1. The van der Waals surface area contributed by atoms with Crippen molar-refractivity contribution < 1.29 is 13.9 Å². The van der Waals surface area contributed by atoms with E-state index in [0.29, 0.717) is 35.1 Å².